The summed E-state index contributed by atoms with van der Waals surface area (Å²) in [6.07, 6.45) is 3.50. The van der Waals surface area contributed by atoms with Crippen molar-refractivity contribution in [1.29, 1.82) is 0 Å². The Morgan fingerprint density at radius 3 is 2.84 bits per heavy atom. The van der Waals surface area contributed by atoms with Gasteiger partial charge in [-0.2, -0.15) is 5.10 Å². The predicted octanol–water partition coefficient (Wildman–Crippen LogP) is 1.24. The monoisotopic (exact) mass is 349 g/mol. The molecule has 7 nitrogen and oxygen atoms in total. The third kappa shape index (κ3) is 4.79. The van der Waals surface area contributed by atoms with Crippen LogP contribution in [-0.4, -0.2) is 75.9 Å². The fourth-order valence-corrected chi connectivity index (χ4v) is 3.91. The molecule has 0 aliphatic carbocycles. The standard InChI is InChI=1S/C18H31N5O2/c1-4-17-12-22(8-9-25-17)18(24)13-21-7-5-6-16(10-21)11-23-15(3)19-14(2)20-23/h16-17H,4-13H2,1-3H3/t16-,17-/m0/s1. The Hall–Kier alpha value is -1.47. The number of aromatic nitrogens is 3. The van der Waals surface area contributed by atoms with Crippen LogP contribution in [0.4, 0.5) is 0 Å². The first-order chi connectivity index (χ1) is 12.0. The molecule has 0 radical (unpaired) electrons. The van der Waals surface area contributed by atoms with Crippen LogP contribution in [0.25, 0.3) is 0 Å². The number of hydrogen-bond acceptors (Lipinski definition) is 5. The molecule has 0 spiro atoms. The SMILES string of the molecule is CC[C@H]1CN(C(=O)CN2CCC[C@H](Cn3nc(C)nc3C)C2)CCO1. The van der Waals surface area contributed by atoms with Gasteiger partial charge in [0.05, 0.1) is 19.3 Å². The molecule has 0 bridgehead atoms. The van der Waals surface area contributed by atoms with Crippen molar-refractivity contribution in [1.82, 2.24) is 24.6 Å². The molecule has 2 atom stereocenters. The van der Waals surface area contributed by atoms with Crippen LogP contribution in [0.2, 0.25) is 0 Å². The van der Waals surface area contributed by atoms with Crippen LogP contribution in [0, 0.1) is 19.8 Å². The van der Waals surface area contributed by atoms with Gasteiger partial charge in [-0.15, -0.1) is 0 Å². The highest BCUT2D eigenvalue weighted by molar-refractivity contribution is 5.78. The summed E-state index contributed by atoms with van der Waals surface area (Å²) in [6, 6.07) is 0. The molecule has 2 aliphatic rings. The van der Waals surface area contributed by atoms with E-state index < -0.39 is 0 Å². The molecule has 1 amide bonds. The number of likely N-dealkylation sites (tertiary alicyclic amines) is 1. The van der Waals surface area contributed by atoms with Crippen molar-refractivity contribution in [2.24, 2.45) is 5.92 Å². The van der Waals surface area contributed by atoms with Gasteiger partial charge in [-0.3, -0.25) is 9.69 Å². The Kier molecular flexibility index (Phi) is 6.06. The predicted molar refractivity (Wildman–Crippen MR) is 95.3 cm³/mol. The fourth-order valence-electron chi connectivity index (χ4n) is 3.91. The lowest BCUT2D eigenvalue weighted by Gasteiger charge is -2.36. The van der Waals surface area contributed by atoms with Crippen LogP contribution >= 0.6 is 0 Å². The van der Waals surface area contributed by atoms with E-state index in [4.69, 9.17) is 4.74 Å². The van der Waals surface area contributed by atoms with E-state index in [1.54, 1.807) is 0 Å². The van der Waals surface area contributed by atoms with E-state index in [1.807, 2.05) is 23.4 Å². The van der Waals surface area contributed by atoms with E-state index in [1.165, 1.54) is 6.42 Å². The second-order valence-corrected chi connectivity index (χ2v) is 7.37. The van der Waals surface area contributed by atoms with E-state index in [2.05, 4.69) is 21.9 Å². The zero-order chi connectivity index (χ0) is 17.8. The molecular weight excluding hydrogens is 318 g/mol. The van der Waals surface area contributed by atoms with Gasteiger partial charge in [0.25, 0.3) is 0 Å². The first-order valence-corrected chi connectivity index (χ1v) is 9.55. The molecule has 2 saturated heterocycles. The lowest BCUT2D eigenvalue weighted by molar-refractivity contribution is -0.140. The second-order valence-electron chi connectivity index (χ2n) is 7.37. The van der Waals surface area contributed by atoms with Gasteiger partial charge in [0.15, 0.2) is 0 Å². The third-order valence-corrected chi connectivity index (χ3v) is 5.30. The van der Waals surface area contributed by atoms with Gasteiger partial charge in [0, 0.05) is 26.2 Å². The van der Waals surface area contributed by atoms with Gasteiger partial charge in [-0.25, -0.2) is 9.67 Å². The number of aryl methyl sites for hydroxylation is 2. The number of carbonyl (C=O) groups excluding carboxylic acids is 1. The number of amides is 1. The third-order valence-electron chi connectivity index (χ3n) is 5.30. The van der Waals surface area contributed by atoms with Crippen LogP contribution < -0.4 is 0 Å². The van der Waals surface area contributed by atoms with Crippen molar-refractivity contribution < 1.29 is 9.53 Å². The van der Waals surface area contributed by atoms with Crippen molar-refractivity contribution in [2.45, 2.75) is 52.7 Å². The smallest absolute Gasteiger partial charge is 0.236 e. The molecule has 7 heteroatoms. The maximum atomic E-state index is 12.7. The van der Waals surface area contributed by atoms with Crippen LogP contribution in [0.5, 0.6) is 0 Å². The Morgan fingerprint density at radius 1 is 1.28 bits per heavy atom. The molecule has 1 aromatic rings. The largest absolute Gasteiger partial charge is 0.375 e. The van der Waals surface area contributed by atoms with Gasteiger partial charge in [-0.05, 0) is 45.6 Å². The van der Waals surface area contributed by atoms with Gasteiger partial charge in [0.1, 0.15) is 11.6 Å². The van der Waals surface area contributed by atoms with Crippen molar-refractivity contribution >= 4 is 5.91 Å². The molecule has 3 heterocycles. The first kappa shape index (κ1) is 18.3. The van der Waals surface area contributed by atoms with Gasteiger partial charge in [-0.1, -0.05) is 6.92 Å². The molecule has 3 rings (SSSR count). The highest BCUT2D eigenvalue weighted by Gasteiger charge is 2.27. The van der Waals surface area contributed by atoms with Crippen LogP contribution in [-0.2, 0) is 16.1 Å². The molecule has 2 fully saturated rings. The van der Waals surface area contributed by atoms with E-state index in [0.717, 1.165) is 57.2 Å². The van der Waals surface area contributed by atoms with E-state index >= 15 is 0 Å². The number of piperidine rings is 1. The summed E-state index contributed by atoms with van der Waals surface area (Å²) < 4.78 is 7.68. The minimum Gasteiger partial charge on any atom is -0.375 e. The van der Waals surface area contributed by atoms with Crippen LogP contribution in [0.3, 0.4) is 0 Å². The van der Waals surface area contributed by atoms with Gasteiger partial charge >= 0.3 is 0 Å². The van der Waals surface area contributed by atoms with Gasteiger partial charge in [0.2, 0.25) is 5.91 Å². The summed E-state index contributed by atoms with van der Waals surface area (Å²) in [5.41, 5.74) is 0. The summed E-state index contributed by atoms with van der Waals surface area (Å²) in [6.45, 7) is 11.6. The molecule has 0 saturated carbocycles. The molecule has 0 aromatic carbocycles. The number of nitrogens with zero attached hydrogens (tertiary/aromatic N) is 5. The Balaban J connectivity index is 1.51. The minimum atomic E-state index is 0.199. The van der Waals surface area contributed by atoms with E-state index in [-0.39, 0.29) is 12.0 Å². The molecular formula is C18H31N5O2. The zero-order valence-corrected chi connectivity index (χ0v) is 15.8. The van der Waals surface area contributed by atoms with Crippen LogP contribution in [0.15, 0.2) is 0 Å². The van der Waals surface area contributed by atoms with Gasteiger partial charge < -0.3 is 9.64 Å². The van der Waals surface area contributed by atoms with Crippen molar-refractivity contribution in [3.05, 3.63) is 11.6 Å². The summed E-state index contributed by atoms with van der Waals surface area (Å²) >= 11 is 0. The number of ether oxygens (including phenoxy) is 1. The van der Waals surface area contributed by atoms with Crippen LogP contribution in [0.1, 0.15) is 37.8 Å². The number of rotatable bonds is 5. The number of hydrogen-bond donors (Lipinski definition) is 0. The second kappa shape index (κ2) is 8.27. The molecule has 2 aliphatic heterocycles. The minimum absolute atomic E-state index is 0.199. The quantitative estimate of drug-likeness (QED) is 0.800. The highest BCUT2D eigenvalue weighted by atomic mass is 16.5. The fraction of sp³-hybridized carbons (Fsp3) is 0.833. The molecule has 1 aromatic heterocycles. The molecule has 0 unspecified atom stereocenters. The Morgan fingerprint density at radius 2 is 2.12 bits per heavy atom. The maximum absolute atomic E-state index is 12.7. The average Bonchev–Trinajstić information content (AvgIpc) is 2.92. The van der Waals surface area contributed by atoms with Crippen molar-refractivity contribution in [3.63, 3.8) is 0 Å². The highest BCUT2D eigenvalue weighted by Crippen LogP contribution is 2.19. The Labute approximate surface area is 150 Å². The lowest BCUT2D eigenvalue weighted by Crippen LogP contribution is -2.50. The Bertz CT molecular complexity index is 588. The van der Waals surface area contributed by atoms with Crippen molar-refractivity contribution in [2.75, 3.05) is 39.3 Å². The normalized spacial score (nSPS) is 25.3. The summed E-state index contributed by atoms with van der Waals surface area (Å²) in [4.78, 5) is 21.3. The molecule has 140 valence electrons. The molecule has 0 N–H and O–H groups in total. The number of morpholine rings is 1. The summed E-state index contributed by atoms with van der Waals surface area (Å²) in [7, 11) is 0. The number of carbonyl (C=O) groups is 1. The summed E-state index contributed by atoms with van der Waals surface area (Å²) in [5, 5.41) is 4.48. The molecule has 25 heavy (non-hydrogen) atoms. The maximum Gasteiger partial charge on any atom is 0.236 e. The van der Waals surface area contributed by atoms with Crippen molar-refractivity contribution in [3.8, 4) is 0 Å². The zero-order valence-electron chi connectivity index (χ0n) is 15.8. The average molecular weight is 349 g/mol. The topological polar surface area (TPSA) is 63.5 Å². The summed E-state index contributed by atoms with van der Waals surface area (Å²) in [5.74, 6) is 2.59. The first-order valence-electron chi connectivity index (χ1n) is 9.55. The van der Waals surface area contributed by atoms with E-state index in [9.17, 15) is 4.79 Å². The van der Waals surface area contributed by atoms with E-state index in [0.29, 0.717) is 19.1 Å². The lowest BCUT2D eigenvalue weighted by atomic mass is 9.98.